The molecule has 29 heavy (non-hydrogen) atoms. The van der Waals surface area contributed by atoms with E-state index in [0.29, 0.717) is 11.6 Å². The number of thiocarbonyl (C=S) groups is 1. The van der Waals surface area contributed by atoms with Crippen molar-refractivity contribution in [2.45, 2.75) is 20.1 Å². The van der Waals surface area contributed by atoms with Gasteiger partial charge in [0.1, 0.15) is 5.82 Å². The number of benzene rings is 1. The van der Waals surface area contributed by atoms with Gasteiger partial charge in [-0.25, -0.2) is 19.4 Å². The molecule has 0 radical (unpaired) electrons. The smallest absolute Gasteiger partial charge is 0.229 e. The van der Waals surface area contributed by atoms with Gasteiger partial charge in [0.2, 0.25) is 11.9 Å². The van der Waals surface area contributed by atoms with Gasteiger partial charge in [0.05, 0.1) is 11.6 Å². The summed E-state index contributed by atoms with van der Waals surface area (Å²) >= 11 is 11.1. The minimum Gasteiger partial charge on any atom is -0.354 e. The molecule has 11 heteroatoms. The zero-order valence-electron chi connectivity index (χ0n) is 16.4. The van der Waals surface area contributed by atoms with Gasteiger partial charge in [-0.15, -0.1) is 0 Å². The van der Waals surface area contributed by atoms with Crippen LogP contribution in [0.1, 0.15) is 11.4 Å². The lowest BCUT2D eigenvalue weighted by atomic mass is 10.3. The molecule has 0 saturated heterocycles. The predicted octanol–water partition coefficient (Wildman–Crippen LogP) is 3.26. The standard InChI is InChI=1S/C18H22ClFN6O2S/c1-10-7-11(2)23-17(22-10)25-16(21-9-15(27-3)28-4)26-18(29)24-12-5-6-14(20)13(19)8-12/h5-8,15H,9H2,1-4H3,(H3,21,22,23,24,25,26,29). The molecular formula is C18H22ClFN6O2S. The molecule has 2 aromatic rings. The van der Waals surface area contributed by atoms with E-state index in [1.165, 1.54) is 32.4 Å². The number of ether oxygens (including phenoxy) is 2. The van der Waals surface area contributed by atoms with Crippen molar-refractivity contribution in [1.82, 2.24) is 15.3 Å². The van der Waals surface area contributed by atoms with Gasteiger partial charge in [-0.2, -0.15) is 0 Å². The minimum absolute atomic E-state index is 0.0171. The Morgan fingerprint density at radius 3 is 2.41 bits per heavy atom. The number of aliphatic imine (C=N–C) groups is 1. The van der Waals surface area contributed by atoms with E-state index < -0.39 is 12.1 Å². The van der Waals surface area contributed by atoms with Crippen molar-refractivity contribution in [3.8, 4) is 0 Å². The molecule has 3 N–H and O–H groups in total. The molecule has 0 spiro atoms. The maximum Gasteiger partial charge on any atom is 0.229 e. The molecule has 0 saturated carbocycles. The largest absolute Gasteiger partial charge is 0.354 e. The fourth-order valence-corrected chi connectivity index (χ4v) is 2.65. The average molecular weight is 441 g/mol. The van der Waals surface area contributed by atoms with Crippen LogP contribution in [0, 0.1) is 19.7 Å². The van der Waals surface area contributed by atoms with Crippen LogP contribution in [0.3, 0.4) is 0 Å². The Bertz CT molecular complexity index is 874. The van der Waals surface area contributed by atoms with Crippen LogP contribution in [-0.2, 0) is 9.47 Å². The van der Waals surface area contributed by atoms with Crippen molar-refractivity contribution in [1.29, 1.82) is 0 Å². The van der Waals surface area contributed by atoms with Crippen molar-refractivity contribution in [3.63, 3.8) is 0 Å². The number of hydrogen-bond acceptors (Lipinski definition) is 6. The van der Waals surface area contributed by atoms with Crippen molar-refractivity contribution >= 4 is 46.5 Å². The van der Waals surface area contributed by atoms with E-state index in [-0.39, 0.29) is 22.6 Å². The van der Waals surface area contributed by atoms with Crippen LogP contribution >= 0.6 is 23.8 Å². The molecule has 0 amide bonds. The summed E-state index contributed by atoms with van der Waals surface area (Å²) in [6.07, 6.45) is -0.536. The zero-order valence-corrected chi connectivity index (χ0v) is 18.0. The first-order chi connectivity index (χ1) is 13.8. The number of aromatic nitrogens is 2. The summed E-state index contributed by atoms with van der Waals surface area (Å²) in [4.78, 5) is 13.0. The quantitative estimate of drug-likeness (QED) is 0.273. The molecule has 0 aliphatic rings. The van der Waals surface area contributed by atoms with Crippen LogP contribution in [0.4, 0.5) is 16.0 Å². The summed E-state index contributed by atoms with van der Waals surface area (Å²) in [5.41, 5.74) is 2.11. The molecule has 0 aliphatic carbocycles. The van der Waals surface area contributed by atoms with E-state index in [9.17, 15) is 4.39 Å². The van der Waals surface area contributed by atoms with Crippen molar-refractivity contribution in [2.24, 2.45) is 4.99 Å². The molecule has 0 bridgehead atoms. The highest BCUT2D eigenvalue weighted by Gasteiger charge is 2.10. The first-order valence-electron chi connectivity index (χ1n) is 8.53. The van der Waals surface area contributed by atoms with Crippen molar-refractivity contribution in [3.05, 3.63) is 46.5 Å². The van der Waals surface area contributed by atoms with Gasteiger partial charge in [-0.3, -0.25) is 5.32 Å². The highest BCUT2D eigenvalue weighted by atomic mass is 35.5. The summed E-state index contributed by atoms with van der Waals surface area (Å²) in [5.74, 6) is 0.115. The number of hydrogen-bond donors (Lipinski definition) is 3. The second-order valence-electron chi connectivity index (χ2n) is 5.90. The average Bonchev–Trinajstić information content (AvgIpc) is 2.64. The minimum atomic E-state index is -0.536. The highest BCUT2D eigenvalue weighted by Crippen LogP contribution is 2.19. The van der Waals surface area contributed by atoms with E-state index in [2.05, 4.69) is 30.9 Å². The van der Waals surface area contributed by atoms with Crippen LogP contribution in [0.25, 0.3) is 0 Å². The Balaban J connectivity index is 2.15. The fraction of sp³-hybridized carbons (Fsp3) is 0.333. The molecular weight excluding hydrogens is 419 g/mol. The third-order valence-electron chi connectivity index (χ3n) is 3.55. The maximum atomic E-state index is 13.3. The molecule has 1 heterocycles. The molecule has 0 fully saturated rings. The topological polar surface area (TPSA) is 92.7 Å². The third kappa shape index (κ3) is 7.50. The van der Waals surface area contributed by atoms with E-state index in [4.69, 9.17) is 33.3 Å². The molecule has 1 aromatic heterocycles. The number of nitrogens with one attached hydrogen (secondary N) is 3. The lowest BCUT2D eigenvalue weighted by Gasteiger charge is -2.16. The monoisotopic (exact) mass is 440 g/mol. The van der Waals surface area contributed by atoms with Gasteiger partial charge in [0, 0.05) is 31.3 Å². The maximum absolute atomic E-state index is 13.3. The molecule has 8 nitrogen and oxygen atoms in total. The summed E-state index contributed by atoms with van der Waals surface area (Å²) < 4.78 is 23.6. The Hall–Kier alpha value is -2.40. The fourth-order valence-electron chi connectivity index (χ4n) is 2.25. The first-order valence-corrected chi connectivity index (χ1v) is 9.31. The van der Waals surface area contributed by atoms with Crippen molar-refractivity contribution in [2.75, 3.05) is 31.4 Å². The van der Waals surface area contributed by atoms with Crippen LogP contribution in [0.2, 0.25) is 5.02 Å². The van der Waals surface area contributed by atoms with E-state index >= 15 is 0 Å². The Kier molecular flexibility index (Phi) is 8.65. The molecule has 0 aliphatic heterocycles. The second-order valence-corrected chi connectivity index (χ2v) is 6.71. The highest BCUT2D eigenvalue weighted by molar-refractivity contribution is 7.80. The van der Waals surface area contributed by atoms with Crippen LogP contribution in [0.15, 0.2) is 29.3 Å². The SMILES string of the molecule is COC(CN=C(NC(=S)Nc1ccc(F)c(Cl)c1)Nc1nc(C)cc(C)n1)OC. The van der Waals surface area contributed by atoms with Gasteiger partial charge < -0.3 is 20.1 Å². The zero-order chi connectivity index (χ0) is 21.4. The van der Waals surface area contributed by atoms with Gasteiger partial charge in [0.25, 0.3) is 0 Å². The Morgan fingerprint density at radius 2 is 1.83 bits per heavy atom. The first kappa shape index (κ1) is 22.9. The molecule has 156 valence electrons. The summed E-state index contributed by atoms with van der Waals surface area (Å²) in [7, 11) is 3.03. The molecule has 0 unspecified atom stereocenters. The number of aryl methyl sites for hydroxylation is 2. The number of methoxy groups -OCH3 is 2. The van der Waals surface area contributed by atoms with Crippen LogP contribution < -0.4 is 16.0 Å². The van der Waals surface area contributed by atoms with E-state index in [0.717, 1.165) is 11.4 Å². The lowest BCUT2D eigenvalue weighted by Crippen LogP contribution is -2.40. The molecule has 2 rings (SSSR count). The normalized spacial score (nSPS) is 11.5. The summed E-state index contributed by atoms with van der Waals surface area (Å²) in [6.45, 7) is 3.92. The molecule has 0 atom stereocenters. The van der Waals surface area contributed by atoms with Crippen molar-refractivity contribution < 1.29 is 13.9 Å². The number of halogens is 2. The van der Waals surface area contributed by atoms with Crippen LogP contribution in [0.5, 0.6) is 0 Å². The molecule has 1 aromatic carbocycles. The number of guanidine groups is 1. The lowest BCUT2D eigenvalue weighted by molar-refractivity contribution is -0.0937. The Morgan fingerprint density at radius 1 is 1.17 bits per heavy atom. The number of rotatable bonds is 6. The number of anilines is 2. The van der Waals surface area contributed by atoms with Gasteiger partial charge in [-0.1, -0.05) is 11.6 Å². The second kappa shape index (κ2) is 11.0. The summed E-state index contributed by atoms with van der Waals surface area (Å²) in [5, 5.41) is 9.01. The van der Waals surface area contributed by atoms with Gasteiger partial charge >= 0.3 is 0 Å². The van der Waals surface area contributed by atoms with E-state index in [1.54, 1.807) is 0 Å². The van der Waals surface area contributed by atoms with Gasteiger partial charge in [0.15, 0.2) is 11.4 Å². The van der Waals surface area contributed by atoms with E-state index in [1.807, 2.05) is 19.9 Å². The predicted molar refractivity (Wildman–Crippen MR) is 116 cm³/mol. The van der Waals surface area contributed by atoms with Crippen LogP contribution in [-0.4, -0.2) is 48.1 Å². The Labute approximate surface area is 178 Å². The third-order valence-corrected chi connectivity index (χ3v) is 4.04. The van der Waals surface area contributed by atoms with Gasteiger partial charge in [-0.05, 0) is 50.3 Å². The summed E-state index contributed by atoms with van der Waals surface area (Å²) in [6, 6.07) is 6.03. The number of nitrogens with zero attached hydrogens (tertiary/aromatic N) is 3.